The van der Waals surface area contributed by atoms with Crippen LogP contribution in [0.3, 0.4) is 0 Å². The van der Waals surface area contributed by atoms with Gasteiger partial charge in [-0.25, -0.2) is 4.39 Å². The predicted molar refractivity (Wildman–Crippen MR) is 74.9 cm³/mol. The van der Waals surface area contributed by atoms with Crippen molar-refractivity contribution >= 4 is 43.2 Å². The molecule has 1 N–H and O–H groups in total. The molecule has 5 heteroatoms. The Kier molecular flexibility index (Phi) is 4.02. The van der Waals surface area contributed by atoms with Gasteiger partial charge in [-0.15, -0.1) is 11.3 Å². The minimum Gasteiger partial charge on any atom is -0.384 e. The number of aliphatic hydroxyl groups is 1. The van der Waals surface area contributed by atoms with E-state index < -0.39 is 6.10 Å². The van der Waals surface area contributed by atoms with Crippen molar-refractivity contribution in [3.8, 4) is 0 Å². The lowest BCUT2D eigenvalue weighted by Gasteiger charge is -2.12. The molecule has 0 aliphatic carbocycles. The molecule has 0 saturated carbocycles. The molecule has 2 aromatic rings. The monoisotopic (exact) mass is 378 g/mol. The third kappa shape index (κ3) is 2.78. The van der Waals surface area contributed by atoms with Crippen molar-refractivity contribution in [2.45, 2.75) is 13.0 Å². The largest absolute Gasteiger partial charge is 0.384 e. The highest BCUT2D eigenvalue weighted by atomic mass is 79.9. The van der Waals surface area contributed by atoms with Crippen LogP contribution in [0, 0.1) is 12.7 Å². The molecule has 1 aromatic carbocycles. The van der Waals surface area contributed by atoms with E-state index in [1.165, 1.54) is 12.1 Å². The van der Waals surface area contributed by atoms with Gasteiger partial charge in [0.05, 0.1) is 3.79 Å². The van der Waals surface area contributed by atoms with Gasteiger partial charge in [-0.2, -0.15) is 0 Å². The third-order valence-electron chi connectivity index (χ3n) is 2.48. The van der Waals surface area contributed by atoms with Crippen molar-refractivity contribution in [2.75, 3.05) is 0 Å². The second-order valence-electron chi connectivity index (χ2n) is 3.63. The number of benzene rings is 1. The van der Waals surface area contributed by atoms with E-state index in [2.05, 4.69) is 31.9 Å². The summed E-state index contributed by atoms with van der Waals surface area (Å²) < 4.78 is 14.5. The number of hydrogen-bond donors (Lipinski definition) is 1. The van der Waals surface area contributed by atoms with Crippen molar-refractivity contribution in [1.82, 2.24) is 0 Å². The van der Waals surface area contributed by atoms with E-state index in [1.54, 1.807) is 17.4 Å². The standard InChI is InChI=1S/C12H9Br2FOS/c1-6-9(5-11(14)17-6)12(16)8-3-2-7(15)4-10(8)13/h2-5,12,16H,1H3. The van der Waals surface area contributed by atoms with Crippen LogP contribution in [0.15, 0.2) is 32.5 Å². The molecule has 0 aliphatic rings. The van der Waals surface area contributed by atoms with Gasteiger partial charge in [-0.1, -0.05) is 22.0 Å². The molecule has 0 radical (unpaired) electrons. The third-order valence-corrected chi connectivity index (χ3v) is 4.73. The van der Waals surface area contributed by atoms with Gasteiger partial charge in [0, 0.05) is 9.35 Å². The Balaban J connectivity index is 2.43. The first kappa shape index (κ1) is 13.2. The molecule has 0 spiro atoms. The molecule has 0 saturated heterocycles. The topological polar surface area (TPSA) is 20.2 Å². The fourth-order valence-electron chi connectivity index (χ4n) is 1.62. The first-order valence-corrected chi connectivity index (χ1v) is 7.28. The molecular weight excluding hydrogens is 371 g/mol. The van der Waals surface area contributed by atoms with Crippen molar-refractivity contribution in [2.24, 2.45) is 0 Å². The molecule has 1 aromatic heterocycles. The second kappa shape index (κ2) is 5.18. The second-order valence-corrected chi connectivity index (χ2v) is 7.12. The zero-order valence-electron chi connectivity index (χ0n) is 8.88. The maximum absolute atomic E-state index is 13.0. The van der Waals surface area contributed by atoms with E-state index in [9.17, 15) is 9.50 Å². The summed E-state index contributed by atoms with van der Waals surface area (Å²) in [7, 11) is 0. The summed E-state index contributed by atoms with van der Waals surface area (Å²) in [5, 5.41) is 10.3. The van der Waals surface area contributed by atoms with Crippen LogP contribution in [0.1, 0.15) is 22.1 Å². The predicted octanol–water partition coefficient (Wildman–Crippen LogP) is 4.80. The Morgan fingerprint density at radius 3 is 2.47 bits per heavy atom. The number of hydrogen-bond acceptors (Lipinski definition) is 2. The first-order valence-electron chi connectivity index (χ1n) is 4.88. The molecule has 1 atom stereocenters. The molecule has 2 rings (SSSR count). The van der Waals surface area contributed by atoms with Gasteiger partial charge in [0.25, 0.3) is 0 Å². The van der Waals surface area contributed by atoms with E-state index in [4.69, 9.17) is 0 Å². The minimum absolute atomic E-state index is 0.323. The van der Waals surface area contributed by atoms with Crippen molar-refractivity contribution in [3.63, 3.8) is 0 Å². The van der Waals surface area contributed by atoms with Gasteiger partial charge >= 0.3 is 0 Å². The van der Waals surface area contributed by atoms with Crippen LogP contribution < -0.4 is 0 Å². The highest BCUT2D eigenvalue weighted by Crippen LogP contribution is 2.36. The molecule has 1 nitrogen and oxygen atoms in total. The maximum atomic E-state index is 13.0. The summed E-state index contributed by atoms with van der Waals surface area (Å²) in [4.78, 5) is 1.04. The number of aliphatic hydroxyl groups excluding tert-OH is 1. The fraction of sp³-hybridized carbons (Fsp3) is 0.167. The Labute approximate surface area is 120 Å². The average molecular weight is 380 g/mol. The molecule has 1 unspecified atom stereocenters. The van der Waals surface area contributed by atoms with Crippen LogP contribution in [-0.2, 0) is 0 Å². The summed E-state index contributed by atoms with van der Waals surface area (Å²) in [6, 6.07) is 6.19. The highest BCUT2D eigenvalue weighted by Gasteiger charge is 2.18. The summed E-state index contributed by atoms with van der Waals surface area (Å²) in [6.45, 7) is 1.95. The molecule has 90 valence electrons. The smallest absolute Gasteiger partial charge is 0.124 e. The molecule has 0 amide bonds. The lowest BCUT2D eigenvalue weighted by molar-refractivity contribution is 0.219. The Hall–Kier alpha value is -0.230. The summed E-state index contributed by atoms with van der Waals surface area (Å²) in [6.07, 6.45) is -0.743. The SMILES string of the molecule is Cc1sc(Br)cc1C(O)c1ccc(F)cc1Br. The van der Waals surface area contributed by atoms with Crippen molar-refractivity contribution < 1.29 is 9.50 Å². The molecular formula is C12H9Br2FOS. The fourth-order valence-corrected chi connectivity index (χ4v) is 3.93. The van der Waals surface area contributed by atoms with E-state index in [0.717, 1.165) is 14.2 Å². The molecule has 1 heterocycles. The average Bonchev–Trinajstić information content (AvgIpc) is 2.57. The van der Waals surface area contributed by atoms with E-state index >= 15 is 0 Å². The van der Waals surface area contributed by atoms with Crippen molar-refractivity contribution in [1.29, 1.82) is 0 Å². The van der Waals surface area contributed by atoms with Crippen LogP contribution >= 0.6 is 43.2 Å². The Morgan fingerprint density at radius 1 is 1.24 bits per heavy atom. The zero-order chi connectivity index (χ0) is 12.6. The normalized spacial score (nSPS) is 12.8. The van der Waals surface area contributed by atoms with Gasteiger partial charge in [0.2, 0.25) is 0 Å². The lowest BCUT2D eigenvalue weighted by Crippen LogP contribution is -2.01. The number of halogens is 3. The zero-order valence-corrected chi connectivity index (χ0v) is 12.9. The highest BCUT2D eigenvalue weighted by molar-refractivity contribution is 9.11. The van der Waals surface area contributed by atoms with Gasteiger partial charge < -0.3 is 5.11 Å². The van der Waals surface area contributed by atoms with Crippen LogP contribution in [0.5, 0.6) is 0 Å². The first-order chi connectivity index (χ1) is 7.99. The maximum Gasteiger partial charge on any atom is 0.124 e. The summed E-state index contributed by atoms with van der Waals surface area (Å²) >= 11 is 8.23. The van der Waals surface area contributed by atoms with Crippen LogP contribution in [0.2, 0.25) is 0 Å². The van der Waals surface area contributed by atoms with E-state index in [-0.39, 0.29) is 5.82 Å². The summed E-state index contributed by atoms with van der Waals surface area (Å²) in [5.41, 5.74) is 1.51. The number of rotatable bonds is 2. The molecule has 0 aliphatic heterocycles. The van der Waals surface area contributed by atoms with E-state index in [0.29, 0.717) is 10.0 Å². The Bertz CT molecular complexity index is 553. The van der Waals surface area contributed by atoms with Crippen molar-refractivity contribution in [3.05, 3.63) is 54.3 Å². The van der Waals surface area contributed by atoms with Gasteiger partial charge in [-0.05, 0) is 52.2 Å². The molecule has 0 bridgehead atoms. The van der Waals surface area contributed by atoms with Crippen LogP contribution in [-0.4, -0.2) is 5.11 Å². The van der Waals surface area contributed by atoms with Crippen LogP contribution in [0.4, 0.5) is 4.39 Å². The minimum atomic E-state index is -0.743. The summed E-state index contributed by atoms with van der Waals surface area (Å²) in [5.74, 6) is -0.323. The lowest BCUT2D eigenvalue weighted by atomic mass is 10.0. The van der Waals surface area contributed by atoms with E-state index in [1.807, 2.05) is 13.0 Å². The molecule has 0 fully saturated rings. The molecule has 17 heavy (non-hydrogen) atoms. The van der Waals surface area contributed by atoms with Gasteiger partial charge in [0.1, 0.15) is 11.9 Å². The van der Waals surface area contributed by atoms with Gasteiger partial charge in [0.15, 0.2) is 0 Å². The van der Waals surface area contributed by atoms with Gasteiger partial charge in [-0.3, -0.25) is 0 Å². The number of aryl methyl sites for hydroxylation is 1. The van der Waals surface area contributed by atoms with Crippen LogP contribution in [0.25, 0.3) is 0 Å². The quantitative estimate of drug-likeness (QED) is 0.794. The Morgan fingerprint density at radius 2 is 1.94 bits per heavy atom. The number of thiophene rings is 1.